The van der Waals surface area contributed by atoms with Gasteiger partial charge < -0.3 is 15.5 Å². The van der Waals surface area contributed by atoms with Gasteiger partial charge in [-0.05, 0) is 63.4 Å². The van der Waals surface area contributed by atoms with Gasteiger partial charge in [-0.25, -0.2) is 14.4 Å². The molecule has 3 aliphatic rings. The highest BCUT2D eigenvalue weighted by Gasteiger charge is 2.35. The highest BCUT2D eigenvalue weighted by atomic mass is 19.1. The van der Waals surface area contributed by atoms with Crippen molar-refractivity contribution in [3.63, 3.8) is 0 Å². The summed E-state index contributed by atoms with van der Waals surface area (Å²) in [7, 11) is 0. The van der Waals surface area contributed by atoms with Gasteiger partial charge in [-0.1, -0.05) is 6.58 Å². The molecule has 5 rings (SSSR count). The fourth-order valence-corrected chi connectivity index (χ4v) is 5.41. The first-order valence-corrected chi connectivity index (χ1v) is 12.6. The minimum Gasteiger partial charge on any atom is -0.365 e. The molecule has 1 aliphatic carbocycles. The lowest BCUT2D eigenvalue weighted by molar-refractivity contribution is 0.0937. The Kier molecular flexibility index (Phi) is 6.75. The summed E-state index contributed by atoms with van der Waals surface area (Å²) in [5.41, 5.74) is 2.69. The highest BCUT2D eigenvalue weighted by Crippen LogP contribution is 2.36. The van der Waals surface area contributed by atoms with E-state index in [0.29, 0.717) is 42.0 Å². The molecule has 9 heteroatoms. The van der Waals surface area contributed by atoms with Crippen molar-refractivity contribution in [1.82, 2.24) is 20.5 Å². The van der Waals surface area contributed by atoms with Crippen LogP contribution < -0.4 is 15.5 Å². The molecule has 2 atom stereocenters. The van der Waals surface area contributed by atoms with E-state index in [-0.39, 0.29) is 23.5 Å². The number of aliphatic imine (C=N–C) groups is 1. The van der Waals surface area contributed by atoms with E-state index in [1.807, 2.05) is 18.7 Å². The van der Waals surface area contributed by atoms with E-state index in [9.17, 15) is 13.6 Å². The van der Waals surface area contributed by atoms with Gasteiger partial charge in [0.15, 0.2) is 0 Å². The predicted octanol–water partition coefficient (Wildman–Crippen LogP) is 4.09. The number of halogens is 2. The maximum atomic E-state index is 14.8. The maximum absolute atomic E-state index is 14.8. The lowest BCUT2D eigenvalue weighted by Crippen LogP contribution is -2.50. The van der Waals surface area contributed by atoms with Crippen LogP contribution in [0, 0.1) is 17.7 Å². The van der Waals surface area contributed by atoms with Gasteiger partial charge in [0.25, 0.3) is 5.91 Å². The zero-order chi connectivity index (χ0) is 25.4. The van der Waals surface area contributed by atoms with Crippen LogP contribution in [-0.4, -0.2) is 59.9 Å². The van der Waals surface area contributed by atoms with Crippen LogP contribution in [0.15, 0.2) is 41.9 Å². The Labute approximate surface area is 210 Å². The molecule has 0 spiro atoms. The third-order valence-electron chi connectivity index (χ3n) is 7.25. The lowest BCUT2D eigenvalue weighted by atomic mass is 10.0. The van der Waals surface area contributed by atoms with Crippen molar-refractivity contribution >= 4 is 28.8 Å². The van der Waals surface area contributed by atoms with E-state index in [1.165, 1.54) is 12.1 Å². The van der Waals surface area contributed by atoms with Gasteiger partial charge in [0.05, 0.1) is 11.4 Å². The monoisotopic (exact) mass is 494 g/mol. The van der Waals surface area contributed by atoms with Gasteiger partial charge in [-0.2, -0.15) is 4.39 Å². The van der Waals surface area contributed by atoms with E-state index >= 15 is 0 Å². The van der Waals surface area contributed by atoms with Crippen LogP contribution in [0.1, 0.15) is 49.2 Å². The molecule has 2 fully saturated rings. The van der Waals surface area contributed by atoms with Gasteiger partial charge >= 0.3 is 0 Å². The molecule has 1 aromatic carbocycles. The number of carbonyl (C=O) groups excluding carboxylic acids is 1. The summed E-state index contributed by atoms with van der Waals surface area (Å²) in [6, 6.07) is 8.25. The standard InChI is InChI=1S/C27H32F2N6O/c1-16(2)30-27(36)23-8-9-24(25(29)32-23)35-12-10-34(11-13-35)20-6-4-18(14-20)26-31-17(3)21-15-19(28)5-7-22(21)33-26/h5,7-9,15-16,18,20H,3-4,6,10-14H2,1-2H3,(H,30,36)(H,31,33). The van der Waals surface area contributed by atoms with E-state index < -0.39 is 5.95 Å². The Morgan fingerprint density at radius 2 is 1.92 bits per heavy atom. The second kappa shape index (κ2) is 9.97. The van der Waals surface area contributed by atoms with Crippen molar-refractivity contribution in [2.24, 2.45) is 10.9 Å². The molecule has 36 heavy (non-hydrogen) atoms. The quantitative estimate of drug-likeness (QED) is 0.613. The highest BCUT2D eigenvalue weighted by molar-refractivity contribution is 5.99. The number of pyridine rings is 1. The van der Waals surface area contributed by atoms with E-state index in [1.54, 1.807) is 18.2 Å². The summed E-state index contributed by atoms with van der Waals surface area (Å²) in [5.74, 6) is -0.0577. The molecule has 1 saturated heterocycles. The van der Waals surface area contributed by atoms with Crippen LogP contribution in [0.2, 0.25) is 0 Å². The van der Waals surface area contributed by atoms with Crippen molar-refractivity contribution in [1.29, 1.82) is 0 Å². The number of carbonyl (C=O) groups is 1. The molecule has 0 radical (unpaired) electrons. The number of fused-ring (bicyclic) bond motifs is 1. The normalized spacial score (nSPS) is 22.3. The first-order valence-electron chi connectivity index (χ1n) is 12.6. The fourth-order valence-electron chi connectivity index (χ4n) is 5.41. The van der Waals surface area contributed by atoms with E-state index in [4.69, 9.17) is 4.99 Å². The molecule has 3 heterocycles. The number of amidine groups is 1. The molecule has 190 valence electrons. The third kappa shape index (κ3) is 4.97. The number of aromatic nitrogens is 1. The van der Waals surface area contributed by atoms with Gasteiger partial charge in [0.2, 0.25) is 5.95 Å². The minimum atomic E-state index is -0.609. The predicted molar refractivity (Wildman–Crippen MR) is 137 cm³/mol. The molecule has 1 amide bonds. The number of nitrogens with zero attached hydrogens (tertiary/aromatic N) is 4. The van der Waals surface area contributed by atoms with Gasteiger partial charge in [0.1, 0.15) is 17.3 Å². The first kappa shape index (κ1) is 24.4. The average molecular weight is 495 g/mol. The molecule has 2 aromatic rings. The molecule has 2 aliphatic heterocycles. The minimum absolute atomic E-state index is 0.0366. The number of benzene rings is 1. The van der Waals surface area contributed by atoms with Crippen molar-refractivity contribution in [3.05, 3.63) is 59.9 Å². The number of hydrogen-bond donors (Lipinski definition) is 2. The van der Waals surface area contributed by atoms with Crippen molar-refractivity contribution in [2.75, 3.05) is 31.1 Å². The average Bonchev–Trinajstić information content (AvgIpc) is 3.34. The SMILES string of the molecule is C=C1NC(C2CCC(N3CCN(c4ccc(C(=O)NC(C)C)nc4F)CC3)C2)=Nc2ccc(F)cc21. The molecular formula is C27H32F2N6O. The summed E-state index contributed by atoms with van der Waals surface area (Å²) >= 11 is 0. The zero-order valence-electron chi connectivity index (χ0n) is 20.7. The summed E-state index contributed by atoms with van der Waals surface area (Å²) in [6.45, 7) is 10.8. The Morgan fingerprint density at radius 3 is 2.64 bits per heavy atom. The summed E-state index contributed by atoms with van der Waals surface area (Å²) in [6.07, 6.45) is 3.09. The van der Waals surface area contributed by atoms with Crippen LogP contribution in [0.4, 0.5) is 20.2 Å². The summed E-state index contributed by atoms with van der Waals surface area (Å²) < 4.78 is 28.4. The molecule has 1 aromatic heterocycles. The number of amides is 1. The molecular weight excluding hydrogens is 462 g/mol. The Bertz CT molecular complexity index is 1200. The largest absolute Gasteiger partial charge is 0.365 e. The molecule has 2 unspecified atom stereocenters. The summed E-state index contributed by atoms with van der Waals surface area (Å²) in [5, 5.41) is 6.05. The molecule has 1 saturated carbocycles. The van der Waals surface area contributed by atoms with Crippen LogP contribution in [-0.2, 0) is 0 Å². The van der Waals surface area contributed by atoms with E-state index in [0.717, 1.165) is 43.9 Å². The van der Waals surface area contributed by atoms with Crippen LogP contribution in [0.5, 0.6) is 0 Å². The maximum Gasteiger partial charge on any atom is 0.270 e. The van der Waals surface area contributed by atoms with Crippen LogP contribution >= 0.6 is 0 Å². The van der Waals surface area contributed by atoms with Crippen LogP contribution in [0.25, 0.3) is 5.70 Å². The van der Waals surface area contributed by atoms with Crippen molar-refractivity contribution in [3.8, 4) is 0 Å². The van der Waals surface area contributed by atoms with E-state index in [2.05, 4.69) is 27.1 Å². The number of anilines is 1. The number of piperazine rings is 1. The zero-order valence-corrected chi connectivity index (χ0v) is 20.7. The van der Waals surface area contributed by atoms with Crippen molar-refractivity contribution < 1.29 is 13.6 Å². The van der Waals surface area contributed by atoms with Crippen LogP contribution in [0.3, 0.4) is 0 Å². The topological polar surface area (TPSA) is 72.9 Å². The lowest BCUT2D eigenvalue weighted by Gasteiger charge is -2.39. The second-order valence-electron chi connectivity index (χ2n) is 10.1. The smallest absolute Gasteiger partial charge is 0.270 e. The van der Waals surface area contributed by atoms with Gasteiger partial charge in [-0.15, -0.1) is 0 Å². The first-order chi connectivity index (χ1) is 17.3. The second-order valence-corrected chi connectivity index (χ2v) is 10.1. The Hall–Kier alpha value is -3.33. The van der Waals surface area contributed by atoms with Gasteiger partial charge in [-0.3, -0.25) is 9.69 Å². The Balaban J connectivity index is 1.18. The number of hydrogen-bond acceptors (Lipinski definition) is 6. The van der Waals surface area contributed by atoms with Crippen molar-refractivity contribution in [2.45, 2.75) is 45.2 Å². The third-order valence-corrected chi connectivity index (χ3v) is 7.25. The molecule has 7 nitrogen and oxygen atoms in total. The fraction of sp³-hybridized carbons (Fsp3) is 0.444. The summed E-state index contributed by atoms with van der Waals surface area (Å²) in [4.78, 5) is 25.3. The van der Waals surface area contributed by atoms with Gasteiger partial charge in [0, 0.05) is 55.4 Å². The number of nitrogens with one attached hydrogen (secondary N) is 2. The number of rotatable bonds is 5. The Morgan fingerprint density at radius 1 is 1.14 bits per heavy atom. The molecule has 2 N–H and O–H groups in total. The molecule has 0 bridgehead atoms.